The van der Waals surface area contributed by atoms with E-state index in [4.69, 9.17) is 0 Å². The van der Waals surface area contributed by atoms with Crippen molar-refractivity contribution in [3.05, 3.63) is 34.9 Å². The molecule has 4 nitrogen and oxygen atoms in total. The topological polar surface area (TPSA) is 49.4 Å². The lowest BCUT2D eigenvalue weighted by Crippen LogP contribution is -2.19. The van der Waals surface area contributed by atoms with Crippen molar-refractivity contribution in [2.24, 2.45) is 0 Å². The first-order valence-electron chi connectivity index (χ1n) is 4.74. The number of carbonyl (C=O) groups excluding carboxylic acids is 2. The summed E-state index contributed by atoms with van der Waals surface area (Å²) < 4.78 is 0. The highest BCUT2D eigenvalue weighted by Gasteiger charge is 2.24. The van der Waals surface area contributed by atoms with E-state index in [9.17, 15) is 9.59 Å². The fourth-order valence-electron chi connectivity index (χ4n) is 1.73. The first-order valence-corrected chi connectivity index (χ1v) is 4.74. The van der Waals surface area contributed by atoms with Crippen molar-refractivity contribution in [2.75, 3.05) is 14.1 Å². The molecule has 15 heavy (non-hydrogen) atoms. The lowest BCUT2D eigenvalue weighted by atomic mass is 10.1. The fourth-order valence-corrected chi connectivity index (χ4v) is 1.73. The lowest BCUT2D eigenvalue weighted by molar-refractivity contribution is 0.0816. The minimum absolute atomic E-state index is 0. The summed E-state index contributed by atoms with van der Waals surface area (Å²) in [5.74, 6) is -0.184. The van der Waals surface area contributed by atoms with E-state index in [-0.39, 0.29) is 13.2 Å². The number of carbonyl (C=O) groups is 2. The number of rotatable bonds is 1. The molecule has 1 aromatic rings. The van der Waals surface area contributed by atoms with Crippen LogP contribution in [0.2, 0.25) is 0 Å². The Morgan fingerprint density at radius 2 is 2.27 bits per heavy atom. The molecule has 0 saturated heterocycles. The van der Waals surface area contributed by atoms with Crippen molar-refractivity contribution in [3.63, 3.8) is 0 Å². The summed E-state index contributed by atoms with van der Waals surface area (Å²) in [6.07, 6.45) is 0. The largest absolute Gasteiger partial charge is 0.355 e. The highest BCUT2D eigenvalue weighted by molar-refractivity contribution is 6.02. The van der Waals surface area contributed by atoms with E-state index < -0.39 is 0 Å². The van der Waals surface area contributed by atoms with Gasteiger partial charge in [0.1, 0.15) is 0 Å². The minimum Gasteiger partial charge on any atom is -0.355 e. The quantitative estimate of drug-likeness (QED) is 0.741. The fraction of sp³-hybridized carbons (Fsp3) is 0.273. The second kappa shape index (κ2) is 3.38. The molecule has 4 heteroatoms. The summed E-state index contributed by atoms with van der Waals surface area (Å²) in [5, 5.41) is 2.53. The predicted octanol–water partition coefficient (Wildman–Crippen LogP) is 0.878. The zero-order valence-electron chi connectivity index (χ0n) is 8.70. The van der Waals surface area contributed by atoms with E-state index in [1.54, 1.807) is 31.1 Å². The van der Waals surface area contributed by atoms with Crippen LogP contribution in [0, 0.1) is 0 Å². The van der Waals surface area contributed by atoms with Crippen LogP contribution in [0.3, 0.4) is 0 Å². The van der Waals surface area contributed by atoms with Crippen LogP contribution in [0.1, 0.15) is 27.7 Å². The van der Waals surface area contributed by atoms with Gasteiger partial charge in [-0.15, -0.1) is 0 Å². The molecular weight excluding hydrogens is 192 g/mol. The van der Waals surface area contributed by atoms with Gasteiger partial charge in [-0.2, -0.15) is 0 Å². The van der Waals surface area contributed by atoms with E-state index >= 15 is 0 Å². The molecule has 2 amide bonds. The molecule has 0 spiro atoms. The zero-order chi connectivity index (χ0) is 11.0. The number of hydrogen-bond acceptors (Lipinski definition) is 2. The van der Waals surface area contributed by atoms with Crippen molar-refractivity contribution >= 4 is 11.8 Å². The van der Waals surface area contributed by atoms with Gasteiger partial charge in [0, 0.05) is 33.2 Å². The Balaban J connectivity index is 0.00000128. The van der Waals surface area contributed by atoms with Crippen molar-refractivity contribution in [2.45, 2.75) is 6.54 Å². The Morgan fingerprint density at radius 1 is 1.53 bits per heavy atom. The number of nitrogens with zero attached hydrogens (tertiary/aromatic N) is 1. The molecule has 0 bridgehead atoms. The second-order valence-corrected chi connectivity index (χ2v) is 3.61. The van der Waals surface area contributed by atoms with Crippen molar-refractivity contribution in [1.82, 2.24) is 10.2 Å². The van der Waals surface area contributed by atoms with Crippen LogP contribution < -0.4 is 5.32 Å². The Morgan fingerprint density at radius 3 is 2.93 bits per heavy atom. The van der Waals surface area contributed by atoms with Crippen LogP contribution >= 0.6 is 0 Å². The normalized spacial score (nSPS) is 14.0. The minimum atomic E-state index is -0.167. The molecule has 2 rings (SSSR count). The van der Waals surface area contributed by atoms with E-state index in [0.717, 1.165) is 5.56 Å². The first kappa shape index (κ1) is 9.71. The Labute approximate surface area is 89.4 Å². The van der Waals surface area contributed by atoms with Crippen LogP contribution in [0.4, 0.5) is 0 Å². The van der Waals surface area contributed by atoms with Gasteiger partial charge in [0.2, 0.25) is 0 Å². The summed E-state index contributed by atoms with van der Waals surface area (Å²) in [6, 6.07) is 5.23. The predicted molar refractivity (Wildman–Crippen MR) is 57.7 cm³/mol. The maximum atomic E-state index is 11.7. The van der Waals surface area contributed by atoms with Crippen LogP contribution in [-0.2, 0) is 6.54 Å². The van der Waals surface area contributed by atoms with Gasteiger partial charge in [-0.1, -0.05) is 6.07 Å². The highest BCUT2D eigenvalue weighted by Crippen LogP contribution is 2.22. The van der Waals surface area contributed by atoms with Crippen LogP contribution in [0.25, 0.3) is 0 Å². The van der Waals surface area contributed by atoms with E-state index in [2.05, 4.69) is 5.32 Å². The van der Waals surface area contributed by atoms with Gasteiger partial charge in [0.05, 0.1) is 0 Å². The summed E-state index contributed by atoms with van der Waals surface area (Å²) >= 11 is 0. The third-order valence-corrected chi connectivity index (χ3v) is 2.58. The Hall–Kier alpha value is -1.84. The molecule has 0 unspecified atom stereocenters. The van der Waals surface area contributed by atoms with Crippen molar-refractivity contribution in [1.29, 1.82) is 0 Å². The van der Waals surface area contributed by atoms with Crippen LogP contribution in [-0.4, -0.2) is 30.8 Å². The van der Waals surface area contributed by atoms with Crippen LogP contribution in [0.5, 0.6) is 0 Å². The third-order valence-electron chi connectivity index (χ3n) is 2.58. The third kappa shape index (κ3) is 1.48. The zero-order valence-corrected chi connectivity index (χ0v) is 8.70. The standard InChI is InChI=1S/C11H12N2O2.H2/c1-12-10(14)7-3-4-8-6-13(2)11(15)9(8)5-7;/h3-5H,6H2,1-2H3,(H,12,14);1H. The van der Waals surface area contributed by atoms with Crippen LogP contribution in [0.15, 0.2) is 18.2 Å². The molecular formula is C11H14N2O2. The summed E-state index contributed by atoms with van der Waals surface area (Å²) in [6.45, 7) is 0.627. The van der Waals surface area contributed by atoms with Gasteiger partial charge in [-0.3, -0.25) is 9.59 Å². The molecule has 1 aromatic carbocycles. The average Bonchev–Trinajstić information content (AvgIpc) is 2.54. The van der Waals surface area contributed by atoms with E-state index in [0.29, 0.717) is 17.7 Å². The summed E-state index contributed by atoms with van der Waals surface area (Å²) in [7, 11) is 3.32. The number of benzene rings is 1. The molecule has 0 fully saturated rings. The number of hydrogen-bond donors (Lipinski definition) is 1. The molecule has 1 aliphatic heterocycles. The molecule has 1 heterocycles. The summed E-state index contributed by atoms with van der Waals surface area (Å²) in [5.41, 5.74) is 2.15. The number of nitrogens with one attached hydrogen (secondary N) is 1. The maximum Gasteiger partial charge on any atom is 0.254 e. The van der Waals surface area contributed by atoms with E-state index in [1.165, 1.54) is 0 Å². The molecule has 80 valence electrons. The molecule has 0 aromatic heterocycles. The SMILES string of the molecule is CNC(=O)c1ccc2c(c1)C(=O)N(C)C2.[HH]. The van der Waals surface area contributed by atoms with Gasteiger partial charge in [0.25, 0.3) is 11.8 Å². The lowest BCUT2D eigenvalue weighted by Gasteiger charge is -2.04. The van der Waals surface area contributed by atoms with Gasteiger partial charge < -0.3 is 10.2 Å². The smallest absolute Gasteiger partial charge is 0.254 e. The Bertz CT molecular complexity index is 446. The molecule has 0 saturated carbocycles. The molecule has 0 aliphatic carbocycles. The van der Waals surface area contributed by atoms with Gasteiger partial charge in [-0.25, -0.2) is 0 Å². The molecule has 1 N–H and O–H groups in total. The molecule has 0 atom stereocenters. The Kier molecular flexibility index (Phi) is 2.19. The van der Waals surface area contributed by atoms with Crippen molar-refractivity contribution < 1.29 is 11.0 Å². The molecule has 1 aliphatic rings. The van der Waals surface area contributed by atoms with Gasteiger partial charge in [0.15, 0.2) is 0 Å². The van der Waals surface area contributed by atoms with Gasteiger partial charge >= 0.3 is 0 Å². The van der Waals surface area contributed by atoms with Gasteiger partial charge in [-0.05, 0) is 17.7 Å². The molecule has 0 radical (unpaired) electrons. The van der Waals surface area contributed by atoms with Crippen molar-refractivity contribution in [3.8, 4) is 0 Å². The maximum absolute atomic E-state index is 11.7. The monoisotopic (exact) mass is 206 g/mol. The number of amides is 2. The number of fused-ring (bicyclic) bond motifs is 1. The second-order valence-electron chi connectivity index (χ2n) is 3.61. The van der Waals surface area contributed by atoms with E-state index in [1.807, 2.05) is 6.07 Å². The summed E-state index contributed by atoms with van der Waals surface area (Å²) in [4.78, 5) is 24.7. The first-order chi connectivity index (χ1) is 7.13. The average molecular weight is 206 g/mol. The highest BCUT2D eigenvalue weighted by atomic mass is 16.2.